The summed E-state index contributed by atoms with van der Waals surface area (Å²) in [7, 11) is 3.27. The quantitative estimate of drug-likeness (QED) is 0.783. The second-order valence-corrected chi connectivity index (χ2v) is 4.19. The van der Waals surface area contributed by atoms with Gasteiger partial charge in [0.25, 0.3) is 0 Å². The molecule has 1 aromatic carbocycles. The molecule has 1 atom stereocenters. The van der Waals surface area contributed by atoms with Gasteiger partial charge in [0.15, 0.2) is 0 Å². The molecule has 86 valence electrons. The molecular formula is C13H17NO2. The Labute approximate surface area is 95.8 Å². The molecule has 0 heterocycles. The van der Waals surface area contributed by atoms with Crippen molar-refractivity contribution in [1.82, 2.24) is 5.32 Å². The molecule has 1 fully saturated rings. The van der Waals surface area contributed by atoms with Crippen LogP contribution in [0.15, 0.2) is 30.3 Å². The van der Waals surface area contributed by atoms with Crippen molar-refractivity contribution in [3.8, 4) is 0 Å². The molecule has 0 radical (unpaired) electrons. The SMILES string of the molecule is CNC(C(=O)OC)(c1ccccc1)C1CC1. The van der Waals surface area contributed by atoms with E-state index in [0.29, 0.717) is 5.92 Å². The Kier molecular flexibility index (Phi) is 2.97. The van der Waals surface area contributed by atoms with E-state index in [4.69, 9.17) is 4.74 Å². The summed E-state index contributed by atoms with van der Waals surface area (Å²) < 4.78 is 4.96. The molecule has 1 aromatic rings. The van der Waals surface area contributed by atoms with Gasteiger partial charge in [-0.3, -0.25) is 0 Å². The van der Waals surface area contributed by atoms with Crippen LogP contribution in [0.2, 0.25) is 0 Å². The summed E-state index contributed by atoms with van der Waals surface area (Å²) in [5, 5.41) is 3.17. The van der Waals surface area contributed by atoms with E-state index in [0.717, 1.165) is 18.4 Å². The smallest absolute Gasteiger partial charge is 0.331 e. The highest BCUT2D eigenvalue weighted by molar-refractivity contribution is 5.83. The number of carbonyl (C=O) groups excluding carboxylic acids is 1. The molecule has 0 aromatic heterocycles. The zero-order valence-electron chi connectivity index (χ0n) is 9.69. The lowest BCUT2D eigenvalue weighted by atomic mass is 9.85. The molecule has 1 saturated carbocycles. The van der Waals surface area contributed by atoms with Crippen molar-refractivity contribution in [2.24, 2.45) is 5.92 Å². The monoisotopic (exact) mass is 219 g/mol. The van der Waals surface area contributed by atoms with Crippen molar-refractivity contribution in [1.29, 1.82) is 0 Å². The Morgan fingerprint density at radius 2 is 2.00 bits per heavy atom. The maximum absolute atomic E-state index is 12.1. The highest BCUT2D eigenvalue weighted by Crippen LogP contribution is 2.46. The average Bonchev–Trinajstić information content (AvgIpc) is 3.16. The topological polar surface area (TPSA) is 38.3 Å². The number of nitrogens with one attached hydrogen (secondary N) is 1. The van der Waals surface area contributed by atoms with E-state index in [2.05, 4.69) is 5.32 Å². The molecule has 2 rings (SSSR count). The molecule has 1 aliphatic rings. The Balaban J connectivity index is 2.44. The summed E-state index contributed by atoms with van der Waals surface area (Å²) in [5.41, 5.74) is 0.336. The van der Waals surface area contributed by atoms with Crippen LogP contribution < -0.4 is 5.32 Å². The van der Waals surface area contributed by atoms with Crippen LogP contribution in [0.25, 0.3) is 0 Å². The third-order valence-electron chi connectivity index (χ3n) is 3.32. The fourth-order valence-corrected chi connectivity index (χ4v) is 2.35. The third kappa shape index (κ3) is 1.61. The van der Waals surface area contributed by atoms with Crippen LogP contribution in [0.4, 0.5) is 0 Å². The minimum atomic E-state index is -0.657. The average molecular weight is 219 g/mol. The predicted octanol–water partition coefficient (Wildman–Crippen LogP) is 1.68. The summed E-state index contributed by atoms with van der Waals surface area (Å²) in [6, 6.07) is 9.81. The molecule has 3 nitrogen and oxygen atoms in total. The van der Waals surface area contributed by atoms with Crippen molar-refractivity contribution in [2.75, 3.05) is 14.2 Å². The van der Waals surface area contributed by atoms with Gasteiger partial charge in [0.1, 0.15) is 5.54 Å². The highest BCUT2D eigenvalue weighted by atomic mass is 16.5. The highest BCUT2D eigenvalue weighted by Gasteiger charge is 2.52. The van der Waals surface area contributed by atoms with Crippen molar-refractivity contribution >= 4 is 5.97 Å². The Hall–Kier alpha value is -1.35. The van der Waals surface area contributed by atoms with Crippen LogP contribution in [0, 0.1) is 5.92 Å². The molecule has 0 spiro atoms. The second kappa shape index (κ2) is 4.26. The second-order valence-electron chi connectivity index (χ2n) is 4.19. The van der Waals surface area contributed by atoms with Crippen molar-refractivity contribution in [2.45, 2.75) is 18.4 Å². The number of likely N-dealkylation sites (N-methyl/N-ethyl adjacent to an activating group) is 1. The number of esters is 1. The molecule has 0 aliphatic heterocycles. The number of hydrogen-bond donors (Lipinski definition) is 1. The molecule has 1 aliphatic carbocycles. The van der Waals surface area contributed by atoms with Gasteiger partial charge < -0.3 is 10.1 Å². The van der Waals surface area contributed by atoms with Gasteiger partial charge in [0.2, 0.25) is 0 Å². The van der Waals surface area contributed by atoms with Crippen LogP contribution in [-0.4, -0.2) is 20.1 Å². The number of carbonyl (C=O) groups is 1. The van der Waals surface area contributed by atoms with Gasteiger partial charge in [-0.15, -0.1) is 0 Å². The van der Waals surface area contributed by atoms with Crippen LogP contribution in [0.1, 0.15) is 18.4 Å². The van der Waals surface area contributed by atoms with Gasteiger partial charge in [0.05, 0.1) is 7.11 Å². The number of benzene rings is 1. The first-order chi connectivity index (χ1) is 7.75. The van der Waals surface area contributed by atoms with Gasteiger partial charge in [-0.05, 0) is 31.4 Å². The van der Waals surface area contributed by atoms with E-state index in [1.54, 1.807) is 0 Å². The maximum Gasteiger partial charge on any atom is 0.331 e. The fourth-order valence-electron chi connectivity index (χ4n) is 2.35. The normalized spacial score (nSPS) is 18.9. The van der Waals surface area contributed by atoms with Crippen molar-refractivity contribution in [3.05, 3.63) is 35.9 Å². The summed E-state index contributed by atoms with van der Waals surface area (Å²) in [4.78, 5) is 12.1. The van der Waals surface area contributed by atoms with E-state index in [1.807, 2.05) is 37.4 Å². The Morgan fingerprint density at radius 1 is 1.38 bits per heavy atom. The van der Waals surface area contributed by atoms with Gasteiger partial charge in [-0.25, -0.2) is 4.79 Å². The number of ether oxygens (including phenoxy) is 1. The zero-order valence-corrected chi connectivity index (χ0v) is 9.69. The van der Waals surface area contributed by atoms with E-state index in [1.165, 1.54) is 7.11 Å². The van der Waals surface area contributed by atoms with Crippen LogP contribution >= 0.6 is 0 Å². The lowest BCUT2D eigenvalue weighted by molar-refractivity contribution is -0.150. The number of methoxy groups -OCH3 is 1. The van der Waals surface area contributed by atoms with Crippen LogP contribution in [-0.2, 0) is 15.1 Å². The Morgan fingerprint density at radius 3 is 2.44 bits per heavy atom. The van der Waals surface area contributed by atoms with Gasteiger partial charge in [0, 0.05) is 0 Å². The lowest BCUT2D eigenvalue weighted by Crippen LogP contribution is -2.50. The first kappa shape index (κ1) is 11.1. The van der Waals surface area contributed by atoms with E-state index in [-0.39, 0.29) is 5.97 Å². The lowest BCUT2D eigenvalue weighted by Gasteiger charge is -2.31. The van der Waals surface area contributed by atoms with E-state index in [9.17, 15) is 4.79 Å². The molecular weight excluding hydrogens is 202 g/mol. The molecule has 0 amide bonds. The van der Waals surface area contributed by atoms with Crippen LogP contribution in [0.3, 0.4) is 0 Å². The van der Waals surface area contributed by atoms with Crippen LogP contribution in [0.5, 0.6) is 0 Å². The largest absolute Gasteiger partial charge is 0.467 e. The summed E-state index contributed by atoms with van der Waals surface area (Å²) in [6.07, 6.45) is 2.15. The minimum absolute atomic E-state index is 0.191. The third-order valence-corrected chi connectivity index (χ3v) is 3.32. The molecule has 1 N–H and O–H groups in total. The van der Waals surface area contributed by atoms with Gasteiger partial charge >= 0.3 is 5.97 Å². The number of hydrogen-bond acceptors (Lipinski definition) is 3. The maximum atomic E-state index is 12.1. The standard InChI is InChI=1S/C13H17NO2/c1-14-13(11-8-9-11,12(15)16-2)10-6-4-3-5-7-10/h3-7,11,14H,8-9H2,1-2H3. The Bertz CT molecular complexity index is 373. The molecule has 0 bridgehead atoms. The molecule has 16 heavy (non-hydrogen) atoms. The van der Waals surface area contributed by atoms with Crippen molar-refractivity contribution in [3.63, 3.8) is 0 Å². The number of rotatable bonds is 4. The van der Waals surface area contributed by atoms with E-state index < -0.39 is 5.54 Å². The summed E-state index contributed by atoms with van der Waals surface area (Å²) in [6.45, 7) is 0. The van der Waals surface area contributed by atoms with Crippen molar-refractivity contribution < 1.29 is 9.53 Å². The van der Waals surface area contributed by atoms with Gasteiger partial charge in [-0.2, -0.15) is 0 Å². The zero-order chi connectivity index (χ0) is 11.6. The van der Waals surface area contributed by atoms with E-state index >= 15 is 0 Å². The minimum Gasteiger partial charge on any atom is -0.467 e. The summed E-state index contributed by atoms with van der Waals surface area (Å²) >= 11 is 0. The molecule has 3 heteroatoms. The molecule has 0 saturated heterocycles. The van der Waals surface area contributed by atoms with Gasteiger partial charge in [-0.1, -0.05) is 30.3 Å². The molecule has 1 unspecified atom stereocenters. The fraction of sp³-hybridized carbons (Fsp3) is 0.462. The summed E-state index contributed by atoms with van der Waals surface area (Å²) in [5.74, 6) is 0.163. The first-order valence-electron chi connectivity index (χ1n) is 5.58. The predicted molar refractivity (Wildman–Crippen MR) is 61.9 cm³/mol. The first-order valence-corrected chi connectivity index (χ1v) is 5.58.